The van der Waals surface area contributed by atoms with E-state index >= 15 is 0 Å². The highest BCUT2D eigenvalue weighted by atomic mass is 79.9. The molecule has 16 heavy (non-hydrogen) atoms. The Balaban J connectivity index is 2.59. The largest absolute Gasteiger partial charge is 0.383 e. The van der Waals surface area contributed by atoms with Crippen LogP contribution in [0.1, 0.15) is 0 Å². The molecule has 0 spiro atoms. The van der Waals surface area contributed by atoms with Gasteiger partial charge < -0.3 is 14.4 Å². The first-order chi connectivity index (χ1) is 7.53. The zero-order valence-electron chi connectivity index (χ0n) is 9.41. The maximum Gasteiger partial charge on any atom is 0.322 e. The van der Waals surface area contributed by atoms with Crippen LogP contribution >= 0.6 is 31.9 Å². The minimum Gasteiger partial charge on any atom is -0.383 e. The topological polar surface area (TPSA) is 42.0 Å². The van der Waals surface area contributed by atoms with Gasteiger partial charge in [0.1, 0.15) is 0 Å². The van der Waals surface area contributed by atoms with Crippen LogP contribution in [0.2, 0.25) is 0 Å². The van der Waals surface area contributed by atoms with Gasteiger partial charge in [-0.3, -0.25) is 4.90 Å². The van der Waals surface area contributed by atoms with E-state index in [1.807, 2.05) is 0 Å². The first-order valence-corrected chi connectivity index (χ1v) is 6.53. The van der Waals surface area contributed by atoms with Crippen molar-refractivity contribution in [1.29, 1.82) is 0 Å². The summed E-state index contributed by atoms with van der Waals surface area (Å²) < 4.78 is 9.46. The van der Waals surface area contributed by atoms with Crippen LogP contribution in [0, 0.1) is 0 Å². The van der Waals surface area contributed by atoms with E-state index < -0.39 is 3.36 Å². The number of hydrogen-bond donors (Lipinski definition) is 0. The highest BCUT2D eigenvalue weighted by Gasteiger charge is 2.45. The van der Waals surface area contributed by atoms with E-state index in [0.29, 0.717) is 32.8 Å². The molecule has 0 aliphatic carbocycles. The van der Waals surface area contributed by atoms with Gasteiger partial charge in [-0.05, 0) is 31.9 Å². The first kappa shape index (κ1) is 14.2. The molecule has 0 radical (unpaired) electrons. The number of nitrogens with zero attached hydrogens (tertiary/aromatic N) is 2. The van der Waals surface area contributed by atoms with Gasteiger partial charge in [0.15, 0.2) is 3.36 Å². The lowest BCUT2D eigenvalue weighted by molar-refractivity contribution is 0.141. The molecule has 0 saturated carbocycles. The van der Waals surface area contributed by atoms with Gasteiger partial charge >= 0.3 is 6.03 Å². The van der Waals surface area contributed by atoms with Gasteiger partial charge in [0.05, 0.1) is 19.8 Å². The van der Waals surface area contributed by atoms with Crippen LogP contribution < -0.4 is 0 Å². The van der Waals surface area contributed by atoms with E-state index in [1.165, 1.54) is 0 Å². The number of rotatable bonds is 6. The molecule has 0 aromatic carbocycles. The fourth-order valence-electron chi connectivity index (χ4n) is 1.51. The Morgan fingerprint density at radius 3 is 2.38 bits per heavy atom. The van der Waals surface area contributed by atoms with Gasteiger partial charge in [0.25, 0.3) is 0 Å². The smallest absolute Gasteiger partial charge is 0.322 e. The summed E-state index contributed by atoms with van der Waals surface area (Å²) in [6.45, 7) is 2.79. The Labute approximate surface area is 112 Å². The third kappa shape index (κ3) is 3.32. The number of carbonyl (C=O) groups is 1. The summed E-state index contributed by atoms with van der Waals surface area (Å²) in [6, 6.07) is -0.0112. The van der Waals surface area contributed by atoms with Crippen LogP contribution in [0.4, 0.5) is 4.79 Å². The molecular formula is C9H16Br2N2O3. The van der Waals surface area contributed by atoms with E-state index in [2.05, 4.69) is 31.9 Å². The average molecular weight is 360 g/mol. The quantitative estimate of drug-likeness (QED) is 0.532. The molecular weight excluding hydrogens is 344 g/mol. The fraction of sp³-hybridized carbons (Fsp3) is 0.889. The number of amides is 2. The number of carbonyl (C=O) groups excluding carboxylic acids is 1. The average Bonchev–Trinajstić information content (AvgIpc) is 2.44. The molecule has 2 amide bonds. The van der Waals surface area contributed by atoms with Gasteiger partial charge in [-0.25, -0.2) is 4.79 Å². The maximum absolute atomic E-state index is 12.0. The molecule has 1 aliphatic heterocycles. The summed E-state index contributed by atoms with van der Waals surface area (Å²) in [5, 5.41) is 0. The molecule has 1 rings (SSSR count). The monoisotopic (exact) mass is 358 g/mol. The molecule has 1 heterocycles. The summed E-state index contributed by atoms with van der Waals surface area (Å²) in [7, 11) is 3.24. The highest BCUT2D eigenvalue weighted by molar-refractivity contribution is 9.25. The standard InChI is InChI=1S/C9H16Br2N2O3/c1-15-5-3-12-7-9(10,11)13(8(12)14)4-6-16-2/h3-7H2,1-2H3. The molecule has 0 unspecified atom stereocenters. The summed E-state index contributed by atoms with van der Waals surface area (Å²) in [5.74, 6) is 0. The Morgan fingerprint density at radius 1 is 1.25 bits per heavy atom. The Bertz CT molecular complexity index is 251. The van der Waals surface area contributed by atoms with Crippen LogP contribution in [-0.2, 0) is 9.47 Å². The Kier molecular flexibility index (Phi) is 5.49. The second kappa shape index (κ2) is 6.18. The molecule has 0 aromatic rings. The summed E-state index contributed by atoms with van der Waals surface area (Å²) >= 11 is 6.99. The van der Waals surface area contributed by atoms with Crippen molar-refractivity contribution in [3.8, 4) is 0 Å². The number of ether oxygens (including phenoxy) is 2. The van der Waals surface area contributed by atoms with E-state index in [4.69, 9.17) is 9.47 Å². The zero-order valence-corrected chi connectivity index (χ0v) is 12.6. The summed E-state index contributed by atoms with van der Waals surface area (Å²) in [5.41, 5.74) is 0. The molecule has 1 saturated heterocycles. The number of halogens is 2. The van der Waals surface area contributed by atoms with Crippen molar-refractivity contribution in [3.05, 3.63) is 0 Å². The molecule has 94 valence electrons. The predicted molar refractivity (Wildman–Crippen MR) is 68.0 cm³/mol. The molecule has 0 atom stereocenters. The van der Waals surface area contributed by atoms with Gasteiger partial charge in [-0.1, -0.05) is 0 Å². The van der Waals surface area contributed by atoms with Crippen LogP contribution in [0.25, 0.3) is 0 Å². The third-order valence-corrected chi connectivity index (χ3v) is 3.72. The summed E-state index contributed by atoms with van der Waals surface area (Å²) in [6.07, 6.45) is 0. The normalized spacial score (nSPS) is 19.6. The number of urea groups is 1. The van der Waals surface area contributed by atoms with Crippen molar-refractivity contribution in [2.45, 2.75) is 3.36 Å². The Morgan fingerprint density at radius 2 is 1.81 bits per heavy atom. The number of methoxy groups -OCH3 is 2. The second-order valence-electron chi connectivity index (χ2n) is 3.51. The summed E-state index contributed by atoms with van der Waals surface area (Å²) in [4.78, 5) is 15.5. The van der Waals surface area contributed by atoms with Crippen molar-refractivity contribution < 1.29 is 14.3 Å². The highest BCUT2D eigenvalue weighted by Crippen LogP contribution is 2.37. The molecule has 0 aromatic heterocycles. The fourth-order valence-corrected chi connectivity index (χ4v) is 2.77. The molecule has 0 bridgehead atoms. The minimum atomic E-state index is -0.497. The molecule has 5 nitrogen and oxygen atoms in total. The van der Waals surface area contributed by atoms with E-state index in [0.717, 1.165) is 0 Å². The van der Waals surface area contributed by atoms with Gasteiger partial charge in [0, 0.05) is 27.3 Å². The lowest BCUT2D eigenvalue weighted by atomic mass is 10.5. The second-order valence-corrected chi connectivity index (χ2v) is 7.20. The molecule has 0 N–H and O–H groups in total. The lowest BCUT2D eigenvalue weighted by Crippen LogP contribution is -2.39. The molecule has 1 fully saturated rings. The van der Waals surface area contributed by atoms with Gasteiger partial charge in [-0.2, -0.15) is 0 Å². The van der Waals surface area contributed by atoms with Crippen molar-refractivity contribution in [2.75, 3.05) is 47.1 Å². The lowest BCUT2D eigenvalue weighted by Gasteiger charge is -2.25. The van der Waals surface area contributed by atoms with Crippen LogP contribution in [-0.4, -0.2) is 66.3 Å². The van der Waals surface area contributed by atoms with Crippen LogP contribution in [0.3, 0.4) is 0 Å². The van der Waals surface area contributed by atoms with Crippen molar-refractivity contribution in [2.24, 2.45) is 0 Å². The van der Waals surface area contributed by atoms with Crippen LogP contribution in [0.15, 0.2) is 0 Å². The van der Waals surface area contributed by atoms with Crippen LogP contribution in [0.5, 0.6) is 0 Å². The van der Waals surface area contributed by atoms with Gasteiger partial charge in [0.2, 0.25) is 0 Å². The molecule has 1 aliphatic rings. The first-order valence-electron chi connectivity index (χ1n) is 4.95. The van der Waals surface area contributed by atoms with Crippen molar-refractivity contribution >= 4 is 37.9 Å². The van der Waals surface area contributed by atoms with E-state index in [-0.39, 0.29) is 6.03 Å². The van der Waals surface area contributed by atoms with E-state index in [9.17, 15) is 4.79 Å². The van der Waals surface area contributed by atoms with Crippen molar-refractivity contribution in [3.63, 3.8) is 0 Å². The number of alkyl halides is 2. The SMILES string of the molecule is COCCN1CC(Br)(Br)N(CCOC)C1=O. The molecule has 7 heteroatoms. The van der Waals surface area contributed by atoms with E-state index in [1.54, 1.807) is 24.0 Å². The maximum atomic E-state index is 12.0. The predicted octanol–water partition coefficient (Wildman–Crippen LogP) is 1.46. The Hall–Kier alpha value is 0.150. The zero-order chi connectivity index (χ0) is 12.2. The number of hydrogen-bond acceptors (Lipinski definition) is 3. The minimum absolute atomic E-state index is 0.0112. The third-order valence-electron chi connectivity index (χ3n) is 2.36. The van der Waals surface area contributed by atoms with Gasteiger partial charge in [-0.15, -0.1) is 0 Å². The van der Waals surface area contributed by atoms with Crippen molar-refractivity contribution in [1.82, 2.24) is 9.80 Å².